The molecule has 14 heteroatoms. The standard InChI is InChI=1S/C19H24N4O8S2/c1-3-11-20-19(24)22-32(27,28)16-7-4-14(5-8-16)10-12-21-33(29,30)18-9-6-15(23(25)26)13-17(18)31-2/h4-9,13,21H,3,10-12H2,1-2H3,(H2,20,22,24). The van der Waals surface area contributed by atoms with Crippen LogP contribution >= 0.6 is 0 Å². The van der Waals surface area contributed by atoms with E-state index in [0.29, 0.717) is 18.5 Å². The van der Waals surface area contributed by atoms with Gasteiger partial charge in [-0.1, -0.05) is 19.1 Å². The lowest BCUT2D eigenvalue weighted by atomic mass is 10.2. The Kier molecular flexibility index (Phi) is 8.73. The minimum absolute atomic E-state index is 0.0216. The Morgan fingerprint density at radius 2 is 1.70 bits per heavy atom. The number of nitro groups is 1. The molecule has 0 aliphatic heterocycles. The Balaban J connectivity index is 2.02. The van der Waals surface area contributed by atoms with Gasteiger partial charge in [-0.2, -0.15) is 0 Å². The van der Waals surface area contributed by atoms with Crippen molar-refractivity contribution in [1.29, 1.82) is 0 Å². The molecule has 2 aromatic carbocycles. The van der Waals surface area contributed by atoms with Gasteiger partial charge in [0.05, 0.1) is 23.0 Å². The Morgan fingerprint density at radius 3 is 2.27 bits per heavy atom. The van der Waals surface area contributed by atoms with Crippen LogP contribution in [0.5, 0.6) is 5.75 Å². The zero-order valence-corrected chi connectivity index (χ0v) is 19.5. The third-order valence-electron chi connectivity index (χ3n) is 4.35. The predicted octanol–water partition coefficient (Wildman–Crippen LogP) is 1.52. The number of carbonyl (C=O) groups is 1. The van der Waals surface area contributed by atoms with Gasteiger partial charge < -0.3 is 10.1 Å². The monoisotopic (exact) mass is 500 g/mol. The van der Waals surface area contributed by atoms with Crippen LogP contribution in [-0.2, 0) is 26.5 Å². The van der Waals surface area contributed by atoms with Crippen molar-refractivity contribution in [3.8, 4) is 5.75 Å². The molecule has 0 radical (unpaired) electrons. The molecule has 3 N–H and O–H groups in total. The van der Waals surface area contributed by atoms with Gasteiger partial charge in [-0.25, -0.2) is 31.1 Å². The second kappa shape index (κ2) is 11.1. The van der Waals surface area contributed by atoms with Gasteiger partial charge in [0.25, 0.3) is 15.7 Å². The molecule has 2 amide bonds. The highest BCUT2D eigenvalue weighted by Gasteiger charge is 2.22. The number of urea groups is 1. The lowest BCUT2D eigenvalue weighted by Gasteiger charge is -2.11. The molecule has 0 heterocycles. The zero-order chi connectivity index (χ0) is 24.6. The van der Waals surface area contributed by atoms with Crippen LogP contribution in [0.3, 0.4) is 0 Å². The molecule has 12 nitrogen and oxygen atoms in total. The summed E-state index contributed by atoms with van der Waals surface area (Å²) in [7, 11) is -6.85. The number of carbonyl (C=O) groups excluding carboxylic acids is 1. The molecule has 0 atom stereocenters. The summed E-state index contributed by atoms with van der Waals surface area (Å²) in [6.07, 6.45) is 0.891. The topological polar surface area (TPSA) is 174 Å². The summed E-state index contributed by atoms with van der Waals surface area (Å²) in [5.41, 5.74) is 0.334. The van der Waals surface area contributed by atoms with Crippen molar-refractivity contribution in [2.75, 3.05) is 20.2 Å². The molecule has 0 fully saturated rings. The number of hydrogen-bond acceptors (Lipinski definition) is 8. The fourth-order valence-electron chi connectivity index (χ4n) is 2.69. The van der Waals surface area contributed by atoms with Gasteiger partial charge in [-0.3, -0.25) is 10.1 Å². The number of nitrogens with zero attached hydrogens (tertiary/aromatic N) is 1. The summed E-state index contributed by atoms with van der Waals surface area (Å²) in [5, 5.41) is 13.3. The SMILES string of the molecule is CCCNC(=O)NS(=O)(=O)c1ccc(CCNS(=O)(=O)c2ccc([N+](=O)[O-])cc2OC)cc1. The molecule has 0 unspecified atom stereocenters. The smallest absolute Gasteiger partial charge is 0.328 e. The van der Waals surface area contributed by atoms with Crippen molar-refractivity contribution in [3.63, 3.8) is 0 Å². The Hall–Kier alpha value is -3.23. The highest BCUT2D eigenvalue weighted by atomic mass is 32.2. The van der Waals surface area contributed by atoms with E-state index < -0.39 is 31.0 Å². The van der Waals surface area contributed by atoms with Crippen LogP contribution in [0.4, 0.5) is 10.5 Å². The van der Waals surface area contributed by atoms with Crippen molar-refractivity contribution < 1.29 is 31.3 Å². The molecule has 33 heavy (non-hydrogen) atoms. The van der Waals surface area contributed by atoms with E-state index in [1.54, 1.807) is 0 Å². The van der Waals surface area contributed by atoms with Crippen LogP contribution in [0, 0.1) is 10.1 Å². The summed E-state index contributed by atoms with van der Waals surface area (Å²) >= 11 is 0. The number of sulfonamides is 2. The summed E-state index contributed by atoms with van der Waals surface area (Å²) in [4.78, 5) is 21.4. The van der Waals surface area contributed by atoms with E-state index in [0.717, 1.165) is 18.2 Å². The Labute approximate surface area is 191 Å². The maximum atomic E-state index is 12.6. The molecule has 0 aliphatic rings. The third-order valence-corrected chi connectivity index (χ3v) is 7.20. The van der Waals surface area contributed by atoms with E-state index in [4.69, 9.17) is 4.74 Å². The highest BCUT2D eigenvalue weighted by molar-refractivity contribution is 7.90. The number of non-ortho nitro benzene ring substituents is 1. The Morgan fingerprint density at radius 1 is 1.03 bits per heavy atom. The summed E-state index contributed by atoms with van der Waals surface area (Å²) in [5.74, 6) is -0.165. The van der Waals surface area contributed by atoms with Crippen molar-refractivity contribution in [3.05, 3.63) is 58.1 Å². The third kappa shape index (κ3) is 7.13. The minimum atomic E-state index is -4.04. The fraction of sp³-hybridized carbons (Fsp3) is 0.316. The van der Waals surface area contributed by atoms with Crippen molar-refractivity contribution in [2.45, 2.75) is 29.6 Å². The number of nitrogens with one attached hydrogen (secondary N) is 3. The zero-order valence-electron chi connectivity index (χ0n) is 17.9. The van der Waals surface area contributed by atoms with Crippen LogP contribution in [0.2, 0.25) is 0 Å². The first-order valence-corrected chi connectivity index (χ1v) is 12.7. The van der Waals surface area contributed by atoms with E-state index >= 15 is 0 Å². The highest BCUT2D eigenvalue weighted by Crippen LogP contribution is 2.28. The lowest BCUT2D eigenvalue weighted by Crippen LogP contribution is -2.39. The van der Waals surface area contributed by atoms with E-state index in [9.17, 15) is 31.7 Å². The van der Waals surface area contributed by atoms with Crippen molar-refractivity contribution in [2.24, 2.45) is 0 Å². The molecule has 180 valence electrons. The molecule has 0 aromatic heterocycles. The van der Waals surface area contributed by atoms with E-state index in [-0.39, 0.29) is 34.2 Å². The average molecular weight is 501 g/mol. The average Bonchev–Trinajstić information content (AvgIpc) is 2.77. The molecule has 2 aromatic rings. The van der Waals surface area contributed by atoms with Crippen LogP contribution in [0.15, 0.2) is 52.3 Å². The minimum Gasteiger partial charge on any atom is -0.495 e. The quantitative estimate of drug-likeness (QED) is 0.307. The van der Waals surface area contributed by atoms with E-state index in [1.807, 2.05) is 11.6 Å². The van der Waals surface area contributed by atoms with Crippen LogP contribution < -0.4 is 19.5 Å². The molecule has 0 spiro atoms. The first-order valence-electron chi connectivity index (χ1n) is 9.72. The van der Waals surface area contributed by atoms with Gasteiger partial charge in [-0.05, 0) is 36.6 Å². The second-order valence-corrected chi connectivity index (χ2v) is 10.2. The first-order chi connectivity index (χ1) is 15.5. The maximum Gasteiger partial charge on any atom is 0.328 e. The molecular weight excluding hydrogens is 476 g/mol. The molecule has 0 aliphatic carbocycles. The summed E-state index contributed by atoms with van der Waals surface area (Å²) in [6, 6.07) is 7.95. The van der Waals surface area contributed by atoms with E-state index in [2.05, 4.69) is 10.0 Å². The molecule has 0 saturated heterocycles. The summed E-state index contributed by atoms with van der Waals surface area (Å²) in [6.45, 7) is 2.14. The maximum absolute atomic E-state index is 12.6. The molecule has 0 saturated carbocycles. The first kappa shape index (κ1) is 26.0. The fourth-order valence-corrected chi connectivity index (χ4v) is 4.80. The van der Waals surface area contributed by atoms with Crippen LogP contribution in [0.1, 0.15) is 18.9 Å². The van der Waals surface area contributed by atoms with Gasteiger partial charge in [0.1, 0.15) is 10.6 Å². The number of methoxy groups -OCH3 is 1. The van der Waals surface area contributed by atoms with Crippen molar-refractivity contribution in [1.82, 2.24) is 14.8 Å². The molecule has 0 bridgehead atoms. The van der Waals surface area contributed by atoms with Gasteiger partial charge in [-0.15, -0.1) is 0 Å². The number of rotatable bonds is 11. The number of hydrogen-bond donors (Lipinski definition) is 3. The van der Waals surface area contributed by atoms with Crippen LogP contribution in [-0.4, -0.2) is 48.0 Å². The normalized spacial score (nSPS) is 11.6. The largest absolute Gasteiger partial charge is 0.495 e. The lowest BCUT2D eigenvalue weighted by molar-refractivity contribution is -0.385. The van der Waals surface area contributed by atoms with Gasteiger partial charge in [0.15, 0.2) is 0 Å². The second-order valence-electron chi connectivity index (χ2n) is 6.75. The number of nitro benzene ring substituents is 1. The molecule has 2 rings (SSSR count). The van der Waals surface area contributed by atoms with Gasteiger partial charge in [0.2, 0.25) is 10.0 Å². The van der Waals surface area contributed by atoms with Crippen molar-refractivity contribution >= 4 is 31.8 Å². The predicted molar refractivity (Wildman–Crippen MR) is 119 cm³/mol. The van der Waals surface area contributed by atoms with E-state index in [1.165, 1.54) is 31.4 Å². The number of amides is 2. The van der Waals surface area contributed by atoms with Gasteiger partial charge in [0, 0.05) is 19.2 Å². The Bertz CT molecular complexity index is 1210. The molecular formula is C19H24N4O8S2. The number of benzene rings is 2. The summed E-state index contributed by atoms with van der Waals surface area (Å²) < 4.78 is 58.8. The van der Waals surface area contributed by atoms with Crippen LogP contribution in [0.25, 0.3) is 0 Å². The number of ether oxygens (including phenoxy) is 1. The van der Waals surface area contributed by atoms with Gasteiger partial charge >= 0.3 is 6.03 Å².